The first-order valence-electron chi connectivity index (χ1n) is 39.8. The number of benzene rings is 8. The minimum Gasteiger partial charge on any atom is -0.502 e. The highest BCUT2D eigenvalue weighted by Gasteiger charge is 2.30. The molecule has 1 fully saturated rings. The van der Waals surface area contributed by atoms with Gasteiger partial charge in [0.25, 0.3) is 5.91 Å². The molecule has 139 heavy (non-hydrogen) atoms. The Hall–Kier alpha value is -14.3. The molecule has 43 heteroatoms. The van der Waals surface area contributed by atoms with E-state index in [1.165, 1.54) is 138 Å². The zero-order valence-corrected chi connectivity index (χ0v) is 80.9. The Morgan fingerprint density at radius 3 is 1.19 bits per heavy atom. The van der Waals surface area contributed by atoms with Gasteiger partial charge in [-0.2, -0.15) is 13.2 Å². The van der Waals surface area contributed by atoms with E-state index in [0.717, 1.165) is 56.9 Å². The Labute approximate surface area is 829 Å². The number of aromatic carboxylic acids is 2. The second-order valence-electron chi connectivity index (χ2n) is 25.4. The number of ketones is 1. The number of allylic oxidation sites excluding steroid dienone is 2. The average molecular weight is 2080 g/mol. The number of fused-ring (bicyclic) bond motifs is 3. The van der Waals surface area contributed by atoms with E-state index in [0.29, 0.717) is 91.8 Å². The van der Waals surface area contributed by atoms with Gasteiger partial charge in [0.2, 0.25) is 36.4 Å². The molecule has 8 aromatic carbocycles. The molecule has 0 spiro atoms. The zero-order valence-electron chi connectivity index (χ0n) is 75.6. The number of aliphatic hydroxyl groups is 1. The second-order valence-corrected chi connectivity index (χ2v) is 29.4. The summed E-state index contributed by atoms with van der Waals surface area (Å²) in [5, 5.41) is 25.4. The van der Waals surface area contributed by atoms with Crippen molar-refractivity contribution in [3.63, 3.8) is 0 Å². The van der Waals surface area contributed by atoms with Crippen molar-refractivity contribution >= 4 is 195 Å². The fourth-order valence-electron chi connectivity index (χ4n) is 9.80. The van der Waals surface area contributed by atoms with Crippen molar-refractivity contribution in [1.29, 1.82) is 0 Å². The molecule has 1 aliphatic heterocycles. The molecule has 0 bridgehead atoms. The van der Waals surface area contributed by atoms with Crippen molar-refractivity contribution in [3.8, 4) is 0 Å². The number of H-pyrrole nitrogens is 3. The summed E-state index contributed by atoms with van der Waals surface area (Å²) in [4.78, 5) is 159. The monoisotopic (exact) mass is 2070 g/mol. The number of carboxylic acids is 2. The van der Waals surface area contributed by atoms with E-state index in [4.69, 9.17) is 69.4 Å². The van der Waals surface area contributed by atoms with E-state index in [2.05, 4.69) is 99.8 Å². The number of pyridine rings is 3. The third-order valence-electron chi connectivity index (χ3n) is 15.6. The lowest BCUT2D eigenvalue weighted by Gasteiger charge is -2.09. The van der Waals surface area contributed by atoms with Gasteiger partial charge in [0.05, 0.1) is 106 Å². The van der Waals surface area contributed by atoms with Gasteiger partial charge in [-0.15, -0.1) is 0 Å². The van der Waals surface area contributed by atoms with E-state index in [1.54, 1.807) is 109 Å². The van der Waals surface area contributed by atoms with Gasteiger partial charge in [0.1, 0.15) is 0 Å². The lowest BCUT2D eigenvalue weighted by Crippen LogP contribution is -2.09. The molecule has 0 saturated carbocycles. The number of nitrogens with two attached hydrogens (primary N) is 3. The Bertz CT molecular complexity index is 5950. The van der Waals surface area contributed by atoms with E-state index < -0.39 is 65.8 Å². The third kappa shape index (κ3) is 60.0. The maximum Gasteiger partial charge on any atom is 0.416 e. The highest BCUT2D eigenvalue weighted by molar-refractivity contribution is 8.26. The summed E-state index contributed by atoms with van der Waals surface area (Å²) in [6, 6.07) is 55.2. The molecule has 1 aliphatic rings. The van der Waals surface area contributed by atoms with E-state index in [-0.39, 0.29) is 64.9 Å². The van der Waals surface area contributed by atoms with Crippen molar-refractivity contribution < 1.29 is 123 Å². The van der Waals surface area contributed by atoms with Crippen LogP contribution in [-0.2, 0) is 83.7 Å². The molecule has 13 N–H and O–H groups in total. The number of aryl methyl sites for hydroxylation is 1. The largest absolute Gasteiger partial charge is 0.502 e. The van der Waals surface area contributed by atoms with Crippen LogP contribution >= 0.6 is 67.8 Å². The summed E-state index contributed by atoms with van der Waals surface area (Å²) in [6.45, 7) is 17.1. The highest BCUT2D eigenvalue weighted by Crippen LogP contribution is 2.30. The maximum absolute atomic E-state index is 12.8. The number of methoxy groups -OCH3 is 3. The molecule has 4 heterocycles. The van der Waals surface area contributed by atoms with Gasteiger partial charge in [-0.1, -0.05) is 86.8 Å². The van der Waals surface area contributed by atoms with Gasteiger partial charge in [-0.3, -0.25) is 43.2 Å². The number of halogens is 9. The highest BCUT2D eigenvalue weighted by atomic mass is 36.0. The number of carboxylic acid groups (broad SMARTS) is 2. The van der Waals surface area contributed by atoms with Crippen molar-refractivity contribution in [1.82, 2.24) is 15.0 Å². The normalized spacial score (nSPS) is 10.2. The number of Topliss-reactive ketones (excluding diaryl/α,β-unsaturated/α-hetero) is 1. The number of anilines is 4. The number of nitrogens with one attached hydrogen (secondary N) is 4. The fourth-order valence-corrected chi connectivity index (χ4v) is 9.90. The van der Waals surface area contributed by atoms with Gasteiger partial charge >= 0.3 is 46.5 Å². The molecule has 12 rings (SSSR count). The molecule has 0 radical (unpaired) electrons. The molecule has 0 atom stereocenters. The molecule has 0 unspecified atom stereocenters. The molecule has 750 valence electrons. The number of aromatic amines is 3. The van der Waals surface area contributed by atoms with Crippen LogP contribution in [0, 0.1) is 6.92 Å². The van der Waals surface area contributed by atoms with Crippen LogP contribution in [0.15, 0.2) is 277 Å². The molecule has 1 saturated heterocycles. The summed E-state index contributed by atoms with van der Waals surface area (Å²) < 4.78 is 84.8. The Kier molecular flexibility index (Phi) is 70.3. The summed E-state index contributed by atoms with van der Waals surface area (Å²) >= 11 is 18.8. The van der Waals surface area contributed by atoms with Crippen LogP contribution in [0.3, 0.4) is 0 Å². The summed E-state index contributed by atoms with van der Waals surface area (Å²) in [5.41, 5.74) is 22.4. The van der Waals surface area contributed by atoms with Crippen LogP contribution < -0.4 is 39.2 Å². The summed E-state index contributed by atoms with van der Waals surface area (Å²) in [7, 11) is 12.3. The first-order valence-corrected chi connectivity index (χ1v) is 44.1. The number of hydrogen-bond donors (Lipinski definition) is 10. The van der Waals surface area contributed by atoms with Crippen molar-refractivity contribution in [2.45, 2.75) is 67.5 Å². The number of nitrogen functional groups attached to an aromatic ring is 3. The van der Waals surface area contributed by atoms with Crippen LogP contribution in [0.5, 0.6) is 0 Å². The van der Waals surface area contributed by atoms with Crippen LogP contribution in [0.25, 0.3) is 32.7 Å². The standard InChI is InChI=1S/C18H12F3NO2.C13H15NO4.C11H9NO3.C10H7NO3.C8H9NO2.C7H7NO2.C7H9N.2C5H7ClO2.2C4H8O.C2Cl2O2.CH4O.CH4.Cl2OS/c19-18(20,21)12-4-1-3-11(9-12)10-16(23)14-5-2-6-15-13(14)7-8-17(24)22-15;1-3-18-8-7-12(15)14-11-6-4-5-10(9-11)13(16)17-2;1-15-11(14)8-3-2-4-9-7(8)5-6-10(13)12-9;12-9-5-4-6-7(10(13)14)2-1-3-8(6)11-9;1-11-8(10)6-3-2-4-7(9)5-6;8-6-3-1-2-5(4-6)7(9)10;1-6-3-2-4-7(8)5-6;2*1-2-8-4-3-5(6)7;1-2-4-5-3-1;1-3-5-4-2;3-1(5)2(4)6;1-2;;1-4(2)3/h1-9H,10H2,(H,22,24);4-9H,3H2,1-2H3,(H,14,15);2-6H,1H3,(H,12,13);1-5H,(H,11,12)(H,13,14);2-5H,9H2,1H3;1-4H,8H2,(H,9,10);2-5H,8H2,1H3;2*3-4H,2H2,1H3;1-4H2;3H,1,4H2,2H3;;2H,1H3;1H4;/b;8-7+;;;;;;2*4-3+;;;;;;. The molecular formula is C96H106Cl6F3N7O26S. The summed E-state index contributed by atoms with van der Waals surface area (Å²) in [5.74, 6) is -3.81. The number of alkyl halides is 3. The topological polar surface area (TPSA) is 528 Å². The van der Waals surface area contributed by atoms with Crippen LogP contribution in [0.1, 0.15) is 127 Å². The number of ether oxygens (including phenoxy) is 8. The molecule has 11 aromatic rings. The van der Waals surface area contributed by atoms with E-state index in [9.17, 15) is 80.3 Å². The predicted molar refractivity (Wildman–Crippen MR) is 536 cm³/mol. The number of hydrogen-bond acceptors (Lipinski definition) is 27. The van der Waals surface area contributed by atoms with E-state index in [1.807, 2.05) is 58.9 Å². The fraction of sp³-hybridized carbons (Fsp3) is 0.208. The average Bonchev–Trinajstić information content (AvgIpc) is 1.65. The lowest BCUT2D eigenvalue weighted by atomic mass is 9.98. The minimum atomic E-state index is -4.45. The van der Waals surface area contributed by atoms with Crippen LogP contribution in [0.4, 0.5) is 35.9 Å². The zero-order chi connectivity index (χ0) is 105. The molecule has 33 nitrogen and oxygen atoms in total. The maximum atomic E-state index is 12.8. The third-order valence-corrected chi connectivity index (χ3v) is 16.3. The number of rotatable bonds is 21. The van der Waals surface area contributed by atoms with Crippen LogP contribution in [-0.4, -0.2) is 165 Å². The minimum absolute atomic E-state index is 0. The number of esters is 3. The lowest BCUT2D eigenvalue weighted by molar-refractivity contribution is -0.137. The van der Waals surface area contributed by atoms with Gasteiger partial charge in [0, 0.05) is 146 Å². The second kappa shape index (κ2) is 75.9. The number of aliphatic hydroxyl groups excluding tert-OH is 1. The molecular weight excluding hydrogens is 1970 g/mol. The predicted octanol–water partition coefficient (Wildman–Crippen LogP) is 18.4. The quantitative estimate of drug-likeness (QED) is 0.00467. The molecule has 0 aliphatic carbocycles. The Morgan fingerprint density at radius 2 is 0.842 bits per heavy atom. The number of amides is 1. The van der Waals surface area contributed by atoms with Crippen molar-refractivity contribution in [3.05, 3.63) is 343 Å². The number of carbonyl (C=O) groups excluding carboxylic acids is 9. The van der Waals surface area contributed by atoms with E-state index >= 15 is 0 Å². The number of carbonyl (C=O) groups is 11. The smallest absolute Gasteiger partial charge is 0.416 e. The first-order chi connectivity index (χ1) is 65.5. The molecule has 3 aromatic heterocycles. The first kappa shape index (κ1) is 129. The van der Waals surface area contributed by atoms with Gasteiger partial charge in [0.15, 0.2) is 5.78 Å². The Balaban J connectivity index is -0.00000148. The van der Waals surface area contributed by atoms with Crippen molar-refractivity contribution in [2.75, 3.05) is 90.6 Å². The SMILES string of the molecule is C.C1CCOC1.C=COCC.CCO/C=C/C(=O)Cl.CCO/C=C/C(=O)Cl.CCO/C=C/C(=O)Nc1cccc(C(=O)OC)c1.CO.COC(=O)c1cccc(N)c1.COC(=O)c1cccc2[nH]c(=O)ccc12.Cc1cccc(N)c1.Nc1cccc(C(=O)O)c1.O=C(Cc1cccc(C(F)(F)F)c1)c1cccc2[nH]c(=O)ccc12.O=C(Cl)C(=O)Cl.O=C(O)c1cccc2[nH]c(=O)ccc12.O=S(Cl)Cl. The van der Waals surface area contributed by atoms with Crippen LogP contribution in [0.2, 0.25) is 0 Å². The number of aromatic nitrogens is 3. The van der Waals surface area contributed by atoms with Crippen molar-refractivity contribution in [2.24, 2.45) is 0 Å². The molecule has 1 amide bonds. The summed E-state index contributed by atoms with van der Waals surface area (Å²) in [6.07, 6.45) is 6.84. The van der Waals surface area contributed by atoms with Gasteiger partial charge in [-0.25, -0.2) is 28.2 Å². The van der Waals surface area contributed by atoms with Gasteiger partial charge in [-0.05, 0) is 226 Å². The van der Waals surface area contributed by atoms with Gasteiger partial charge < -0.3 is 90.7 Å². The Morgan fingerprint density at radius 1 is 0.475 bits per heavy atom.